The minimum atomic E-state index is 0. The van der Waals surface area contributed by atoms with Crippen molar-refractivity contribution < 1.29 is 9.59 Å². The van der Waals surface area contributed by atoms with Gasteiger partial charge in [0.1, 0.15) is 0 Å². The van der Waals surface area contributed by atoms with Crippen molar-refractivity contribution in [1.82, 2.24) is 20.0 Å². The van der Waals surface area contributed by atoms with E-state index in [1.807, 2.05) is 28.0 Å². The number of rotatable bonds is 5. The number of piperazine rings is 2. The van der Waals surface area contributed by atoms with Gasteiger partial charge >= 0.3 is 0 Å². The molecule has 168 valence electrons. The maximum absolute atomic E-state index is 12.8. The van der Waals surface area contributed by atoms with Gasteiger partial charge in [-0.25, -0.2) is 0 Å². The highest BCUT2D eigenvalue weighted by Crippen LogP contribution is 2.27. The summed E-state index contributed by atoms with van der Waals surface area (Å²) in [5.74, 6) is 0.471. The van der Waals surface area contributed by atoms with Crippen molar-refractivity contribution >= 4 is 42.3 Å². The number of hydrogen-bond donors (Lipinski definition) is 1. The number of amides is 2. The molecule has 0 aliphatic carbocycles. The number of nitrogens with one attached hydrogen (secondary N) is 1. The molecule has 9 heteroatoms. The zero-order valence-electron chi connectivity index (χ0n) is 17.4. The number of fused-ring (bicyclic) bond motifs is 1. The molecule has 0 bridgehead atoms. The molecule has 2 fully saturated rings. The Labute approximate surface area is 191 Å². The van der Waals surface area contributed by atoms with Gasteiger partial charge in [-0.05, 0) is 18.1 Å². The number of hydrogen-bond acceptors (Lipinski definition) is 5. The molecule has 4 rings (SSSR count). The lowest BCUT2D eigenvalue weighted by Crippen LogP contribution is -2.51. The average molecular weight is 458 g/mol. The third-order valence-electron chi connectivity index (χ3n) is 6.12. The number of benzene rings is 1. The van der Waals surface area contributed by atoms with Gasteiger partial charge < -0.3 is 20.0 Å². The molecule has 3 aliphatic rings. The van der Waals surface area contributed by atoms with Gasteiger partial charge in [-0.2, -0.15) is 0 Å². The van der Waals surface area contributed by atoms with Crippen molar-refractivity contribution in [2.45, 2.75) is 12.8 Å². The smallest absolute Gasteiger partial charge is 0.241 e. The van der Waals surface area contributed by atoms with Gasteiger partial charge in [0.2, 0.25) is 11.8 Å². The number of para-hydroxylation sites is 1. The van der Waals surface area contributed by atoms with E-state index >= 15 is 0 Å². The highest BCUT2D eigenvalue weighted by molar-refractivity contribution is 5.96. The van der Waals surface area contributed by atoms with E-state index in [0.29, 0.717) is 13.0 Å². The summed E-state index contributed by atoms with van der Waals surface area (Å²) in [4.78, 5) is 33.6. The molecule has 0 atom stereocenters. The Morgan fingerprint density at radius 3 is 2.23 bits per heavy atom. The van der Waals surface area contributed by atoms with Crippen LogP contribution in [0.3, 0.4) is 0 Å². The largest absolute Gasteiger partial charge is 0.340 e. The van der Waals surface area contributed by atoms with Crippen LogP contribution in [-0.2, 0) is 16.0 Å². The van der Waals surface area contributed by atoms with E-state index in [1.165, 1.54) is 5.56 Å². The van der Waals surface area contributed by atoms with Crippen LogP contribution in [0.2, 0.25) is 0 Å². The van der Waals surface area contributed by atoms with Crippen molar-refractivity contribution in [1.29, 1.82) is 0 Å². The quantitative estimate of drug-likeness (QED) is 0.710. The number of halogens is 2. The zero-order valence-corrected chi connectivity index (χ0v) is 19.1. The van der Waals surface area contributed by atoms with E-state index in [9.17, 15) is 9.59 Å². The summed E-state index contributed by atoms with van der Waals surface area (Å²) in [5.41, 5.74) is 2.35. The van der Waals surface area contributed by atoms with Crippen LogP contribution in [0.1, 0.15) is 12.0 Å². The first kappa shape index (κ1) is 24.9. The molecule has 0 aromatic heterocycles. The maximum atomic E-state index is 12.8. The number of anilines is 1. The molecule has 0 spiro atoms. The molecular weight excluding hydrogens is 425 g/mol. The molecule has 1 aromatic carbocycles. The first-order chi connectivity index (χ1) is 13.7. The molecule has 1 N–H and O–H groups in total. The third-order valence-corrected chi connectivity index (χ3v) is 6.12. The van der Waals surface area contributed by atoms with E-state index < -0.39 is 0 Å². The summed E-state index contributed by atoms with van der Waals surface area (Å²) in [7, 11) is 0. The lowest BCUT2D eigenvalue weighted by molar-refractivity contribution is -0.132. The summed E-state index contributed by atoms with van der Waals surface area (Å²) < 4.78 is 0. The van der Waals surface area contributed by atoms with Crippen molar-refractivity contribution in [2.24, 2.45) is 0 Å². The van der Waals surface area contributed by atoms with Crippen LogP contribution in [-0.4, -0.2) is 98.5 Å². The molecule has 0 saturated carbocycles. The normalized spacial score (nSPS) is 19.6. The highest BCUT2D eigenvalue weighted by Gasteiger charge is 2.27. The Morgan fingerprint density at radius 1 is 0.833 bits per heavy atom. The van der Waals surface area contributed by atoms with Gasteiger partial charge in [0.05, 0.1) is 6.54 Å². The highest BCUT2D eigenvalue weighted by atomic mass is 35.5. The Balaban J connectivity index is 0.00000160. The summed E-state index contributed by atoms with van der Waals surface area (Å²) in [5, 5.41) is 3.28. The van der Waals surface area contributed by atoms with E-state index in [0.717, 1.165) is 77.6 Å². The van der Waals surface area contributed by atoms with E-state index in [1.54, 1.807) is 0 Å². The molecule has 3 aliphatic heterocycles. The number of carbonyl (C=O) groups excluding carboxylic acids is 2. The topological polar surface area (TPSA) is 59.1 Å². The number of nitrogens with zero attached hydrogens (tertiary/aromatic N) is 4. The predicted octanol–water partition coefficient (Wildman–Crippen LogP) is 0.859. The van der Waals surface area contributed by atoms with Gasteiger partial charge in [0, 0.05) is 77.6 Å². The predicted molar refractivity (Wildman–Crippen MR) is 124 cm³/mol. The first-order valence-electron chi connectivity index (χ1n) is 10.5. The van der Waals surface area contributed by atoms with Gasteiger partial charge in [0.15, 0.2) is 0 Å². The zero-order chi connectivity index (χ0) is 19.3. The summed E-state index contributed by atoms with van der Waals surface area (Å²) in [6, 6.07) is 8.21. The summed E-state index contributed by atoms with van der Waals surface area (Å²) in [6.07, 6.45) is 1.56. The molecule has 0 radical (unpaired) electrons. The Bertz CT molecular complexity index is 706. The molecule has 0 unspecified atom stereocenters. The van der Waals surface area contributed by atoms with E-state index in [4.69, 9.17) is 0 Å². The Kier molecular flexibility index (Phi) is 9.84. The van der Waals surface area contributed by atoms with Gasteiger partial charge in [-0.1, -0.05) is 18.2 Å². The van der Waals surface area contributed by atoms with Gasteiger partial charge in [0.25, 0.3) is 0 Å². The van der Waals surface area contributed by atoms with E-state index in [-0.39, 0.29) is 36.6 Å². The fraction of sp³-hybridized carbons (Fsp3) is 0.619. The van der Waals surface area contributed by atoms with Crippen LogP contribution < -0.4 is 10.2 Å². The van der Waals surface area contributed by atoms with Crippen LogP contribution in [0.25, 0.3) is 0 Å². The molecule has 2 amide bonds. The Morgan fingerprint density at radius 2 is 1.50 bits per heavy atom. The molecule has 7 nitrogen and oxygen atoms in total. The second-order valence-corrected chi connectivity index (χ2v) is 7.92. The van der Waals surface area contributed by atoms with Crippen LogP contribution in [0.4, 0.5) is 5.69 Å². The average Bonchev–Trinajstić information content (AvgIpc) is 3.18. The van der Waals surface area contributed by atoms with Crippen molar-refractivity contribution in [3.05, 3.63) is 29.8 Å². The second-order valence-electron chi connectivity index (χ2n) is 7.92. The van der Waals surface area contributed by atoms with Gasteiger partial charge in [-0.15, -0.1) is 24.8 Å². The molecule has 2 saturated heterocycles. The van der Waals surface area contributed by atoms with Crippen molar-refractivity contribution in [3.63, 3.8) is 0 Å². The summed E-state index contributed by atoms with van der Waals surface area (Å²) in [6.45, 7) is 9.21. The summed E-state index contributed by atoms with van der Waals surface area (Å²) >= 11 is 0. The van der Waals surface area contributed by atoms with Crippen LogP contribution in [0.5, 0.6) is 0 Å². The van der Waals surface area contributed by atoms with E-state index in [2.05, 4.69) is 21.2 Å². The molecular formula is C21H33Cl2N5O2. The number of carbonyl (C=O) groups is 2. The fourth-order valence-corrected chi connectivity index (χ4v) is 4.37. The monoisotopic (exact) mass is 457 g/mol. The minimum Gasteiger partial charge on any atom is -0.340 e. The minimum absolute atomic E-state index is 0. The molecule has 3 heterocycles. The lowest BCUT2D eigenvalue weighted by Gasteiger charge is -2.35. The standard InChI is InChI=1S/C21H31N5O2.2ClH/c27-20(25-11-7-22-8-12-25)6-9-23-13-15-24(16-14-23)17-21(28)26-10-5-18-3-1-2-4-19(18)26;;/h1-4,22H,5-17H2;2*1H. The van der Waals surface area contributed by atoms with Crippen molar-refractivity contribution in [3.8, 4) is 0 Å². The van der Waals surface area contributed by atoms with Crippen LogP contribution in [0, 0.1) is 0 Å². The third kappa shape index (κ3) is 6.08. The fourth-order valence-electron chi connectivity index (χ4n) is 4.37. The second kappa shape index (κ2) is 11.9. The first-order valence-corrected chi connectivity index (χ1v) is 10.5. The molecule has 1 aromatic rings. The van der Waals surface area contributed by atoms with Crippen LogP contribution >= 0.6 is 24.8 Å². The Hall–Kier alpha value is -1.38. The van der Waals surface area contributed by atoms with Gasteiger partial charge in [-0.3, -0.25) is 14.5 Å². The maximum Gasteiger partial charge on any atom is 0.241 e. The molecule has 30 heavy (non-hydrogen) atoms. The van der Waals surface area contributed by atoms with Crippen molar-refractivity contribution in [2.75, 3.05) is 76.9 Å². The van der Waals surface area contributed by atoms with Crippen LogP contribution in [0.15, 0.2) is 24.3 Å². The lowest BCUT2D eigenvalue weighted by atomic mass is 10.2. The SMILES string of the molecule is Cl.Cl.O=C(CCN1CCN(CC(=O)N2CCc3ccccc32)CC1)N1CCNCC1.